The molecule has 1 aromatic heterocycles. The van der Waals surface area contributed by atoms with E-state index in [0.717, 1.165) is 55.5 Å². The summed E-state index contributed by atoms with van der Waals surface area (Å²) in [6, 6.07) is 0. The number of carbonyl (C=O) groups excluding carboxylic acids is 1. The van der Waals surface area contributed by atoms with Gasteiger partial charge in [-0.2, -0.15) is 0 Å². The topological polar surface area (TPSA) is 96.8 Å². The maximum absolute atomic E-state index is 11.2. The van der Waals surface area contributed by atoms with Crippen LogP contribution in [0.3, 0.4) is 0 Å². The van der Waals surface area contributed by atoms with E-state index in [2.05, 4.69) is 29.2 Å². The number of nitrogens with zero attached hydrogens (tertiary/aromatic N) is 3. The summed E-state index contributed by atoms with van der Waals surface area (Å²) in [5.74, 6) is 2.11. The van der Waals surface area contributed by atoms with Gasteiger partial charge in [0.25, 0.3) is 0 Å². The molecule has 0 radical (unpaired) electrons. The van der Waals surface area contributed by atoms with Crippen LogP contribution >= 0.6 is 0 Å². The van der Waals surface area contributed by atoms with Crippen molar-refractivity contribution in [2.75, 3.05) is 26.2 Å². The number of aryl methyl sites for hydroxylation is 2. The van der Waals surface area contributed by atoms with E-state index >= 15 is 0 Å². The van der Waals surface area contributed by atoms with Crippen LogP contribution in [0.5, 0.6) is 0 Å². The van der Waals surface area contributed by atoms with Gasteiger partial charge < -0.3 is 20.5 Å². The molecule has 3 N–H and O–H groups in total. The number of nitrogens with two attached hydrogens (primary N) is 1. The molecule has 1 aliphatic heterocycles. The van der Waals surface area contributed by atoms with Gasteiger partial charge in [-0.15, -0.1) is 0 Å². The summed E-state index contributed by atoms with van der Waals surface area (Å²) in [5, 5.41) is 7.41. The van der Waals surface area contributed by atoms with Crippen LogP contribution in [-0.2, 0) is 4.79 Å². The summed E-state index contributed by atoms with van der Waals surface area (Å²) >= 11 is 0. The average molecular weight is 349 g/mol. The quantitative estimate of drug-likeness (QED) is 0.604. The summed E-state index contributed by atoms with van der Waals surface area (Å²) < 4.78 is 5.27. The van der Waals surface area contributed by atoms with Crippen molar-refractivity contribution in [2.45, 2.75) is 52.9 Å². The number of aromatic nitrogens is 1. The highest BCUT2D eigenvalue weighted by Gasteiger charge is 2.24. The molecular weight excluding hydrogens is 318 g/mol. The first-order valence-corrected chi connectivity index (χ1v) is 9.16. The summed E-state index contributed by atoms with van der Waals surface area (Å²) in [6.45, 7) is 11.4. The Labute approximate surface area is 150 Å². The molecule has 2 heterocycles. The highest BCUT2D eigenvalue weighted by molar-refractivity contribution is 5.80. The SMILES string of the molecule is CCNC(=NCC(C)c1c(C)noc1C)N1CCCC(CC(N)=O)C1. The van der Waals surface area contributed by atoms with Crippen LogP contribution in [0.2, 0.25) is 0 Å². The first-order chi connectivity index (χ1) is 11.9. The highest BCUT2D eigenvalue weighted by atomic mass is 16.5. The smallest absolute Gasteiger partial charge is 0.217 e. The Morgan fingerprint density at radius 2 is 2.28 bits per heavy atom. The Balaban J connectivity index is 2.06. The van der Waals surface area contributed by atoms with E-state index in [1.807, 2.05) is 13.8 Å². The van der Waals surface area contributed by atoms with Gasteiger partial charge in [-0.25, -0.2) is 0 Å². The zero-order valence-corrected chi connectivity index (χ0v) is 15.8. The lowest BCUT2D eigenvalue weighted by Crippen LogP contribution is -2.47. The molecule has 0 spiro atoms. The number of carbonyl (C=O) groups is 1. The van der Waals surface area contributed by atoms with Crippen LogP contribution in [0.25, 0.3) is 0 Å². The van der Waals surface area contributed by atoms with E-state index in [0.29, 0.717) is 18.9 Å². The summed E-state index contributed by atoms with van der Waals surface area (Å²) in [4.78, 5) is 18.3. The van der Waals surface area contributed by atoms with Crippen molar-refractivity contribution in [3.63, 3.8) is 0 Å². The molecule has 1 saturated heterocycles. The lowest BCUT2D eigenvalue weighted by Gasteiger charge is -2.34. The van der Waals surface area contributed by atoms with Crippen LogP contribution in [0, 0.1) is 19.8 Å². The molecule has 2 rings (SSSR count). The molecule has 1 aromatic rings. The van der Waals surface area contributed by atoms with Crippen molar-refractivity contribution in [2.24, 2.45) is 16.6 Å². The number of aliphatic imine (C=N–C) groups is 1. The lowest BCUT2D eigenvalue weighted by atomic mass is 9.95. The molecule has 25 heavy (non-hydrogen) atoms. The van der Waals surface area contributed by atoms with Crippen molar-refractivity contribution in [1.29, 1.82) is 0 Å². The molecule has 0 bridgehead atoms. The maximum Gasteiger partial charge on any atom is 0.217 e. The van der Waals surface area contributed by atoms with Crippen molar-refractivity contribution in [3.8, 4) is 0 Å². The van der Waals surface area contributed by atoms with Gasteiger partial charge in [0.2, 0.25) is 5.91 Å². The second kappa shape index (κ2) is 8.87. The van der Waals surface area contributed by atoms with E-state index in [1.165, 1.54) is 0 Å². The van der Waals surface area contributed by atoms with Gasteiger partial charge in [0, 0.05) is 44.1 Å². The van der Waals surface area contributed by atoms with Gasteiger partial charge in [-0.05, 0) is 39.5 Å². The third-order valence-electron chi connectivity index (χ3n) is 4.74. The monoisotopic (exact) mass is 349 g/mol. The fourth-order valence-electron chi connectivity index (χ4n) is 3.64. The molecule has 1 amide bonds. The molecule has 7 heteroatoms. The van der Waals surface area contributed by atoms with Gasteiger partial charge in [0.1, 0.15) is 5.76 Å². The summed E-state index contributed by atoms with van der Waals surface area (Å²) in [7, 11) is 0. The standard InChI is InChI=1S/C18H31N5O2/c1-5-20-18(23-8-6-7-15(11-23)9-16(19)24)21-10-12(2)17-13(3)22-25-14(17)4/h12,15H,5-11H2,1-4H3,(H2,19,24)(H,20,21). The van der Waals surface area contributed by atoms with E-state index in [1.54, 1.807) is 0 Å². The zero-order valence-electron chi connectivity index (χ0n) is 15.8. The highest BCUT2D eigenvalue weighted by Crippen LogP contribution is 2.24. The van der Waals surface area contributed by atoms with Crippen molar-refractivity contribution in [1.82, 2.24) is 15.4 Å². The number of guanidine groups is 1. The molecular formula is C18H31N5O2. The number of likely N-dealkylation sites (tertiary alicyclic amines) is 1. The zero-order chi connectivity index (χ0) is 18.4. The molecule has 7 nitrogen and oxygen atoms in total. The minimum absolute atomic E-state index is 0.221. The predicted molar refractivity (Wildman–Crippen MR) is 98.5 cm³/mol. The van der Waals surface area contributed by atoms with Crippen molar-refractivity contribution in [3.05, 3.63) is 17.0 Å². The molecule has 2 atom stereocenters. The van der Waals surface area contributed by atoms with Gasteiger partial charge in [0.15, 0.2) is 5.96 Å². The molecule has 0 aromatic carbocycles. The minimum Gasteiger partial charge on any atom is -0.370 e. The maximum atomic E-state index is 11.2. The minimum atomic E-state index is -0.221. The largest absolute Gasteiger partial charge is 0.370 e. The number of hydrogen-bond acceptors (Lipinski definition) is 4. The van der Waals surface area contributed by atoms with Crippen LogP contribution in [0.4, 0.5) is 0 Å². The fourth-order valence-corrected chi connectivity index (χ4v) is 3.64. The lowest BCUT2D eigenvalue weighted by molar-refractivity contribution is -0.119. The second-order valence-electron chi connectivity index (χ2n) is 6.96. The first-order valence-electron chi connectivity index (χ1n) is 9.16. The average Bonchev–Trinajstić information content (AvgIpc) is 2.89. The van der Waals surface area contributed by atoms with Crippen molar-refractivity contribution < 1.29 is 9.32 Å². The Morgan fingerprint density at radius 3 is 2.88 bits per heavy atom. The predicted octanol–water partition coefficient (Wildman–Crippen LogP) is 1.95. The van der Waals surface area contributed by atoms with Crippen LogP contribution < -0.4 is 11.1 Å². The molecule has 140 valence electrons. The number of rotatable bonds is 6. The second-order valence-corrected chi connectivity index (χ2v) is 6.96. The Kier molecular flexibility index (Phi) is 6.84. The van der Waals surface area contributed by atoms with E-state index in [-0.39, 0.29) is 11.8 Å². The van der Waals surface area contributed by atoms with E-state index in [9.17, 15) is 4.79 Å². The molecule has 1 fully saturated rings. The molecule has 1 aliphatic rings. The van der Waals surface area contributed by atoms with Gasteiger partial charge in [0.05, 0.1) is 5.69 Å². The number of amides is 1. The van der Waals surface area contributed by atoms with Crippen molar-refractivity contribution >= 4 is 11.9 Å². The number of nitrogens with one attached hydrogen (secondary N) is 1. The summed E-state index contributed by atoms with van der Waals surface area (Å²) in [6.07, 6.45) is 2.56. The van der Waals surface area contributed by atoms with Crippen LogP contribution in [-0.4, -0.2) is 48.1 Å². The third-order valence-corrected chi connectivity index (χ3v) is 4.74. The molecule has 0 saturated carbocycles. The van der Waals surface area contributed by atoms with Gasteiger partial charge in [-0.1, -0.05) is 12.1 Å². The normalized spacial score (nSPS) is 19.8. The Hall–Kier alpha value is -2.05. The van der Waals surface area contributed by atoms with E-state index in [4.69, 9.17) is 15.2 Å². The van der Waals surface area contributed by atoms with E-state index < -0.39 is 0 Å². The molecule has 2 unspecified atom stereocenters. The number of hydrogen-bond donors (Lipinski definition) is 2. The third kappa shape index (κ3) is 5.21. The number of piperidine rings is 1. The molecule has 0 aliphatic carbocycles. The van der Waals surface area contributed by atoms with Crippen LogP contribution in [0.1, 0.15) is 56.0 Å². The van der Waals surface area contributed by atoms with Gasteiger partial charge >= 0.3 is 0 Å². The Bertz CT molecular complexity index is 591. The summed E-state index contributed by atoms with van der Waals surface area (Å²) in [5.41, 5.74) is 7.44. The van der Waals surface area contributed by atoms with Gasteiger partial charge in [-0.3, -0.25) is 9.79 Å². The Morgan fingerprint density at radius 1 is 1.52 bits per heavy atom. The number of primary amides is 1. The fraction of sp³-hybridized carbons (Fsp3) is 0.722. The van der Waals surface area contributed by atoms with Crippen LogP contribution in [0.15, 0.2) is 9.52 Å². The first kappa shape index (κ1) is 19.3.